The van der Waals surface area contributed by atoms with E-state index in [1.54, 1.807) is 6.92 Å². The van der Waals surface area contributed by atoms with Gasteiger partial charge in [-0.25, -0.2) is 9.78 Å². The van der Waals surface area contributed by atoms with Gasteiger partial charge in [0.15, 0.2) is 0 Å². The van der Waals surface area contributed by atoms with Gasteiger partial charge in [0.05, 0.1) is 18.3 Å². The Morgan fingerprint density at radius 3 is 2.42 bits per heavy atom. The lowest BCUT2D eigenvalue weighted by Crippen LogP contribution is -2.26. The summed E-state index contributed by atoms with van der Waals surface area (Å²) in [5, 5.41) is 0.805. The second-order valence-corrected chi connectivity index (χ2v) is 7.02. The van der Waals surface area contributed by atoms with Crippen LogP contribution in [0, 0.1) is 5.41 Å². The zero-order valence-corrected chi connectivity index (χ0v) is 13.4. The number of aromatic nitrogens is 1. The number of ether oxygens (including phenoxy) is 1. The van der Waals surface area contributed by atoms with Crippen molar-refractivity contribution in [2.24, 2.45) is 11.1 Å². The van der Waals surface area contributed by atoms with E-state index in [0.717, 1.165) is 10.7 Å². The molecule has 108 valence electrons. The van der Waals surface area contributed by atoms with E-state index in [4.69, 9.17) is 10.5 Å². The summed E-state index contributed by atoms with van der Waals surface area (Å²) in [4.78, 5) is 17.1. The fourth-order valence-electron chi connectivity index (χ4n) is 1.59. The molecule has 0 aliphatic carbocycles. The first kappa shape index (κ1) is 16.1. The largest absolute Gasteiger partial charge is 0.462 e. The molecular formula is C14H24N2O2S. The van der Waals surface area contributed by atoms with Gasteiger partial charge in [-0.05, 0) is 18.3 Å². The van der Waals surface area contributed by atoms with Crippen molar-refractivity contribution in [2.75, 3.05) is 6.61 Å². The average Bonchev–Trinajstić information content (AvgIpc) is 2.71. The number of esters is 1. The summed E-state index contributed by atoms with van der Waals surface area (Å²) in [5.74, 6) is -0.118. The Morgan fingerprint density at radius 2 is 2.00 bits per heavy atom. The van der Waals surface area contributed by atoms with Crippen LogP contribution in [0.4, 0.5) is 0 Å². The van der Waals surface area contributed by atoms with Gasteiger partial charge in [-0.1, -0.05) is 34.6 Å². The third-order valence-electron chi connectivity index (χ3n) is 2.88. The number of nitrogens with zero attached hydrogens (tertiary/aromatic N) is 1. The van der Waals surface area contributed by atoms with Crippen molar-refractivity contribution in [2.45, 2.75) is 53.5 Å². The maximum absolute atomic E-state index is 12.0. The molecule has 1 atom stereocenters. The molecule has 0 saturated heterocycles. The molecule has 1 aromatic heterocycles. The van der Waals surface area contributed by atoms with Gasteiger partial charge < -0.3 is 10.5 Å². The van der Waals surface area contributed by atoms with Crippen LogP contribution in [0.2, 0.25) is 0 Å². The molecule has 0 aliphatic rings. The third kappa shape index (κ3) is 3.76. The summed E-state index contributed by atoms with van der Waals surface area (Å²) in [6.07, 6.45) is 0. The van der Waals surface area contributed by atoms with Crippen molar-refractivity contribution in [1.29, 1.82) is 0 Å². The topological polar surface area (TPSA) is 65.2 Å². The highest BCUT2D eigenvalue weighted by Gasteiger charge is 2.29. The lowest BCUT2D eigenvalue weighted by Gasteiger charge is -2.24. The van der Waals surface area contributed by atoms with Crippen LogP contribution in [0.25, 0.3) is 0 Å². The molecule has 0 spiro atoms. The van der Waals surface area contributed by atoms with Crippen LogP contribution in [0.15, 0.2) is 0 Å². The van der Waals surface area contributed by atoms with E-state index >= 15 is 0 Å². The van der Waals surface area contributed by atoms with E-state index < -0.39 is 0 Å². The van der Waals surface area contributed by atoms with Gasteiger partial charge in [0, 0.05) is 0 Å². The van der Waals surface area contributed by atoms with Crippen LogP contribution in [0.1, 0.15) is 73.9 Å². The molecule has 19 heavy (non-hydrogen) atoms. The minimum atomic E-state index is -0.295. The first-order valence-corrected chi connectivity index (χ1v) is 7.43. The van der Waals surface area contributed by atoms with E-state index in [0.29, 0.717) is 11.5 Å². The highest BCUT2D eigenvalue weighted by atomic mass is 32.1. The maximum Gasteiger partial charge on any atom is 0.350 e. The number of nitrogens with two attached hydrogens (primary N) is 1. The minimum Gasteiger partial charge on any atom is -0.462 e. The van der Waals surface area contributed by atoms with Crippen LogP contribution in [-0.4, -0.2) is 17.6 Å². The Morgan fingerprint density at radius 1 is 1.42 bits per heavy atom. The highest BCUT2D eigenvalue weighted by Crippen LogP contribution is 2.36. The van der Waals surface area contributed by atoms with Gasteiger partial charge in [0.2, 0.25) is 0 Å². The summed E-state index contributed by atoms with van der Waals surface area (Å²) < 4.78 is 5.09. The van der Waals surface area contributed by atoms with Gasteiger partial charge in [-0.2, -0.15) is 0 Å². The van der Waals surface area contributed by atoms with E-state index in [1.165, 1.54) is 11.3 Å². The Hall–Kier alpha value is -0.940. The van der Waals surface area contributed by atoms with Gasteiger partial charge >= 0.3 is 5.97 Å². The zero-order chi connectivity index (χ0) is 14.8. The third-order valence-corrected chi connectivity index (χ3v) is 4.01. The minimum absolute atomic E-state index is 0.0853. The molecular weight excluding hydrogens is 260 g/mol. The van der Waals surface area contributed by atoms with Crippen molar-refractivity contribution in [3.05, 3.63) is 15.6 Å². The Balaban J connectivity index is 3.18. The Labute approximate surface area is 119 Å². The lowest BCUT2D eigenvalue weighted by molar-refractivity contribution is 0.0530. The molecule has 0 bridgehead atoms. The van der Waals surface area contributed by atoms with Crippen LogP contribution >= 0.6 is 11.3 Å². The predicted molar refractivity (Wildman–Crippen MR) is 78.5 cm³/mol. The van der Waals surface area contributed by atoms with Gasteiger partial charge in [-0.15, -0.1) is 11.3 Å². The van der Waals surface area contributed by atoms with E-state index in [9.17, 15) is 4.79 Å². The van der Waals surface area contributed by atoms with E-state index in [2.05, 4.69) is 25.8 Å². The lowest BCUT2D eigenvalue weighted by atomic mass is 9.88. The quantitative estimate of drug-likeness (QED) is 0.860. The first-order chi connectivity index (χ1) is 8.68. The molecule has 0 aliphatic heterocycles. The molecule has 1 unspecified atom stereocenters. The van der Waals surface area contributed by atoms with Crippen molar-refractivity contribution >= 4 is 17.3 Å². The van der Waals surface area contributed by atoms with Gasteiger partial charge in [0.25, 0.3) is 0 Å². The Kier molecular flexibility index (Phi) is 5.10. The monoisotopic (exact) mass is 284 g/mol. The molecule has 4 nitrogen and oxygen atoms in total. The van der Waals surface area contributed by atoms with E-state index in [1.807, 2.05) is 13.8 Å². The SMILES string of the molecule is CCOC(=O)c1sc(C(N)C(C)(C)C)nc1C(C)C. The normalized spacial score (nSPS) is 13.7. The fraction of sp³-hybridized carbons (Fsp3) is 0.714. The summed E-state index contributed by atoms with van der Waals surface area (Å²) >= 11 is 1.36. The summed E-state index contributed by atoms with van der Waals surface area (Å²) in [7, 11) is 0. The molecule has 0 fully saturated rings. The average molecular weight is 284 g/mol. The number of thiazole rings is 1. The second-order valence-electron chi connectivity index (χ2n) is 5.99. The van der Waals surface area contributed by atoms with Crippen LogP contribution < -0.4 is 5.73 Å². The molecule has 1 heterocycles. The number of hydrogen-bond donors (Lipinski definition) is 1. The second kappa shape index (κ2) is 6.01. The van der Waals surface area contributed by atoms with Crippen molar-refractivity contribution < 1.29 is 9.53 Å². The molecule has 1 aromatic rings. The molecule has 0 saturated carbocycles. The number of hydrogen-bond acceptors (Lipinski definition) is 5. The maximum atomic E-state index is 12.0. The zero-order valence-electron chi connectivity index (χ0n) is 12.6. The fourth-order valence-corrected chi connectivity index (χ4v) is 2.95. The van der Waals surface area contributed by atoms with Crippen molar-refractivity contribution in [3.63, 3.8) is 0 Å². The first-order valence-electron chi connectivity index (χ1n) is 6.61. The smallest absolute Gasteiger partial charge is 0.350 e. The number of rotatable bonds is 4. The molecule has 0 aromatic carbocycles. The standard InChI is InChI=1S/C14H24N2O2S/c1-7-18-13(17)10-9(8(2)3)16-12(19-10)11(15)14(4,5)6/h8,11H,7,15H2,1-6H3. The number of carbonyl (C=O) groups is 1. The van der Waals surface area contributed by atoms with E-state index in [-0.39, 0.29) is 23.3 Å². The van der Waals surface area contributed by atoms with Crippen LogP contribution in [0.3, 0.4) is 0 Å². The van der Waals surface area contributed by atoms with Gasteiger partial charge in [-0.3, -0.25) is 0 Å². The molecule has 2 N–H and O–H groups in total. The molecule has 5 heteroatoms. The summed E-state index contributed by atoms with van der Waals surface area (Å²) in [6.45, 7) is 12.4. The predicted octanol–water partition coefficient (Wildman–Crippen LogP) is 3.49. The van der Waals surface area contributed by atoms with Crippen LogP contribution in [0.5, 0.6) is 0 Å². The van der Waals surface area contributed by atoms with Crippen molar-refractivity contribution in [1.82, 2.24) is 4.98 Å². The van der Waals surface area contributed by atoms with Gasteiger partial charge in [0.1, 0.15) is 9.88 Å². The van der Waals surface area contributed by atoms with Crippen LogP contribution in [-0.2, 0) is 4.74 Å². The highest BCUT2D eigenvalue weighted by molar-refractivity contribution is 7.13. The molecule has 0 radical (unpaired) electrons. The Bertz CT molecular complexity index is 447. The molecule has 0 amide bonds. The van der Waals surface area contributed by atoms with Crippen molar-refractivity contribution in [3.8, 4) is 0 Å². The summed E-state index contributed by atoms with van der Waals surface area (Å²) in [5.41, 5.74) is 6.93. The molecule has 1 rings (SSSR count). The number of carbonyl (C=O) groups excluding carboxylic acids is 1. The summed E-state index contributed by atoms with van der Waals surface area (Å²) in [6, 6.07) is -0.182.